The zero-order valence-electron chi connectivity index (χ0n) is 16.0. The number of amides is 2. The molecule has 1 saturated carbocycles. The van der Waals surface area contributed by atoms with Crippen LogP contribution in [-0.4, -0.2) is 40.0 Å². The molecule has 1 aliphatic rings. The van der Waals surface area contributed by atoms with Crippen LogP contribution in [0.2, 0.25) is 0 Å². The Bertz CT molecular complexity index is 854. The van der Waals surface area contributed by atoms with E-state index in [0.29, 0.717) is 0 Å². The van der Waals surface area contributed by atoms with Crippen LogP contribution in [0.25, 0.3) is 10.9 Å². The number of benzene rings is 1. The SMILES string of the molecule is C[C@H](CC(=O)N[C@@H](Cc1c[nH]c2ccccc12)C(=O)O)NC(=O)C1CCCC1. The maximum absolute atomic E-state index is 12.3. The molecule has 0 bridgehead atoms. The van der Waals surface area contributed by atoms with Crippen molar-refractivity contribution in [2.75, 3.05) is 0 Å². The summed E-state index contributed by atoms with van der Waals surface area (Å²) in [7, 11) is 0. The Morgan fingerprint density at radius 2 is 1.89 bits per heavy atom. The van der Waals surface area contributed by atoms with Crippen molar-refractivity contribution in [3.8, 4) is 0 Å². The van der Waals surface area contributed by atoms with E-state index >= 15 is 0 Å². The number of hydrogen-bond donors (Lipinski definition) is 4. The number of aromatic amines is 1. The van der Waals surface area contributed by atoms with Crippen molar-refractivity contribution in [1.82, 2.24) is 15.6 Å². The summed E-state index contributed by atoms with van der Waals surface area (Å²) in [6.07, 6.45) is 5.95. The van der Waals surface area contributed by atoms with Crippen LogP contribution in [0.3, 0.4) is 0 Å². The van der Waals surface area contributed by atoms with Crippen LogP contribution in [0.5, 0.6) is 0 Å². The highest BCUT2D eigenvalue weighted by Gasteiger charge is 2.26. The summed E-state index contributed by atoms with van der Waals surface area (Å²) in [5.41, 5.74) is 1.77. The van der Waals surface area contributed by atoms with Crippen molar-refractivity contribution in [2.45, 2.75) is 57.5 Å². The molecular weight excluding hydrogens is 358 g/mol. The van der Waals surface area contributed by atoms with Gasteiger partial charge >= 0.3 is 5.97 Å². The Morgan fingerprint density at radius 1 is 1.18 bits per heavy atom. The first kappa shape index (κ1) is 19.9. The number of carboxylic acid groups (broad SMARTS) is 1. The van der Waals surface area contributed by atoms with Crippen molar-refractivity contribution >= 4 is 28.7 Å². The number of hydrogen-bond acceptors (Lipinski definition) is 3. The zero-order valence-corrected chi connectivity index (χ0v) is 16.0. The van der Waals surface area contributed by atoms with Crippen LogP contribution in [0.4, 0.5) is 0 Å². The highest BCUT2D eigenvalue weighted by molar-refractivity contribution is 5.87. The number of nitrogens with one attached hydrogen (secondary N) is 3. The van der Waals surface area contributed by atoms with Crippen molar-refractivity contribution in [3.63, 3.8) is 0 Å². The van der Waals surface area contributed by atoms with Gasteiger partial charge in [0.05, 0.1) is 0 Å². The highest BCUT2D eigenvalue weighted by Crippen LogP contribution is 2.24. The summed E-state index contributed by atoms with van der Waals surface area (Å²) >= 11 is 0. The monoisotopic (exact) mass is 385 g/mol. The molecule has 1 aliphatic carbocycles. The lowest BCUT2D eigenvalue weighted by molar-refractivity contribution is -0.142. The predicted octanol–water partition coefficient (Wildman–Crippen LogP) is 2.36. The fourth-order valence-corrected chi connectivity index (χ4v) is 3.85. The smallest absolute Gasteiger partial charge is 0.326 e. The molecule has 0 spiro atoms. The number of carbonyl (C=O) groups is 3. The van der Waals surface area contributed by atoms with Gasteiger partial charge in [0.15, 0.2) is 0 Å². The Morgan fingerprint density at radius 3 is 2.61 bits per heavy atom. The lowest BCUT2D eigenvalue weighted by Gasteiger charge is -2.19. The van der Waals surface area contributed by atoms with Crippen LogP contribution in [0.15, 0.2) is 30.5 Å². The van der Waals surface area contributed by atoms with Gasteiger partial charge in [-0.3, -0.25) is 9.59 Å². The van der Waals surface area contributed by atoms with E-state index < -0.39 is 12.0 Å². The number of H-pyrrole nitrogens is 1. The molecule has 2 atom stereocenters. The van der Waals surface area contributed by atoms with Crippen LogP contribution < -0.4 is 10.6 Å². The van der Waals surface area contributed by atoms with Crippen molar-refractivity contribution in [2.24, 2.45) is 5.92 Å². The van der Waals surface area contributed by atoms with Gasteiger partial charge < -0.3 is 20.7 Å². The molecular formula is C21H27N3O4. The van der Waals surface area contributed by atoms with Crippen LogP contribution in [0.1, 0.15) is 44.6 Å². The molecule has 150 valence electrons. The van der Waals surface area contributed by atoms with E-state index in [1.54, 1.807) is 13.1 Å². The fourth-order valence-electron chi connectivity index (χ4n) is 3.85. The standard InChI is InChI=1S/C21H27N3O4/c1-13(23-20(26)14-6-2-3-7-14)10-19(25)24-18(21(27)28)11-15-12-22-17-9-5-4-8-16(15)17/h4-5,8-9,12-14,18,22H,2-3,6-7,10-11H2,1H3,(H,23,26)(H,24,25)(H,27,28)/t13-,18+/m1/s1. The number of aromatic nitrogens is 1. The topological polar surface area (TPSA) is 111 Å². The number of rotatable bonds is 8. The Kier molecular flexibility index (Phi) is 6.34. The molecule has 1 fully saturated rings. The van der Waals surface area contributed by atoms with E-state index in [1.807, 2.05) is 24.3 Å². The Labute approximate surface area is 163 Å². The first-order chi connectivity index (χ1) is 13.4. The molecule has 7 nitrogen and oxygen atoms in total. The number of aliphatic carboxylic acids is 1. The van der Waals surface area contributed by atoms with Gasteiger partial charge in [-0.25, -0.2) is 4.79 Å². The van der Waals surface area contributed by atoms with Gasteiger partial charge in [-0.1, -0.05) is 31.0 Å². The Hall–Kier alpha value is -2.83. The van der Waals surface area contributed by atoms with Gasteiger partial charge in [-0.15, -0.1) is 0 Å². The maximum atomic E-state index is 12.3. The van der Waals surface area contributed by atoms with Crippen LogP contribution in [-0.2, 0) is 20.8 Å². The Balaban J connectivity index is 1.55. The molecule has 0 saturated heterocycles. The van der Waals surface area contributed by atoms with Crippen molar-refractivity contribution in [1.29, 1.82) is 0 Å². The summed E-state index contributed by atoms with van der Waals surface area (Å²) in [4.78, 5) is 39.2. The van der Waals surface area contributed by atoms with Crippen molar-refractivity contribution in [3.05, 3.63) is 36.0 Å². The van der Waals surface area contributed by atoms with Gasteiger partial charge in [-0.2, -0.15) is 0 Å². The minimum atomic E-state index is -1.08. The molecule has 1 aromatic carbocycles. The lowest BCUT2D eigenvalue weighted by atomic mass is 10.0. The minimum Gasteiger partial charge on any atom is -0.480 e. The second-order valence-electron chi connectivity index (χ2n) is 7.62. The maximum Gasteiger partial charge on any atom is 0.326 e. The molecule has 2 amide bonds. The zero-order chi connectivity index (χ0) is 20.1. The van der Waals surface area contributed by atoms with Crippen LogP contribution in [0, 0.1) is 5.92 Å². The lowest BCUT2D eigenvalue weighted by Crippen LogP contribution is -2.45. The van der Waals surface area contributed by atoms with Gasteiger partial charge in [0.25, 0.3) is 0 Å². The molecule has 7 heteroatoms. The molecule has 0 aliphatic heterocycles. The molecule has 0 radical (unpaired) electrons. The molecule has 4 N–H and O–H groups in total. The predicted molar refractivity (Wildman–Crippen MR) is 106 cm³/mol. The number of para-hydroxylation sites is 1. The summed E-state index contributed by atoms with van der Waals surface area (Å²) in [5, 5.41) is 15.9. The average molecular weight is 385 g/mol. The average Bonchev–Trinajstić information content (AvgIpc) is 3.31. The molecule has 28 heavy (non-hydrogen) atoms. The van der Waals surface area contributed by atoms with E-state index in [4.69, 9.17) is 0 Å². The van der Waals surface area contributed by atoms with Crippen molar-refractivity contribution < 1.29 is 19.5 Å². The van der Waals surface area contributed by atoms with Gasteiger partial charge in [0, 0.05) is 41.9 Å². The van der Waals surface area contributed by atoms with Gasteiger partial charge in [0.1, 0.15) is 6.04 Å². The van der Waals surface area contributed by atoms with Crippen LogP contribution >= 0.6 is 0 Å². The van der Waals surface area contributed by atoms with Gasteiger partial charge in [0.2, 0.25) is 11.8 Å². The van der Waals surface area contributed by atoms with E-state index in [2.05, 4.69) is 15.6 Å². The first-order valence-corrected chi connectivity index (χ1v) is 9.81. The summed E-state index contributed by atoms with van der Waals surface area (Å²) in [6, 6.07) is 6.27. The minimum absolute atomic E-state index is 0.00798. The molecule has 3 rings (SSSR count). The van der Waals surface area contributed by atoms with E-state index in [1.165, 1.54) is 0 Å². The van der Waals surface area contributed by atoms with E-state index in [9.17, 15) is 19.5 Å². The first-order valence-electron chi connectivity index (χ1n) is 9.81. The third-order valence-electron chi connectivity index (χ3n) is 5.34. The normalized spacial score (nSPS) is 16.6. The molecule has 1 aromatic heterocycles. The summed E-state index contributed by atoms with van der Waals surface area (Å²) < 4.78 is 0. The molecule has 0 unspecified atom stereocenters. The fraction of sp³-hybridized carbons (Fsp3) is 0.476. The van der Waals surface area contributed by atoms with E-state index in [-0.39, 0.29) is 36.6 Å². The third-order valence-corrected chi connectivity index (χ3v) is 5.34. The molecule has 2 aromatic rings. The summed E-state index contributed by atoms with van der Waals surface area (Å²) in [5.74, 6) is -1.43. The number of carboxylic acids is 1. The van der Waals surface area contributed by atoms with Gasteiger partial charge in [-0.05, 0) is 31.4 Å². The second-order valence-corrected chi connectivity index (χ2v) is 7.62. The third kappa shape index (κ3) is 4.91. The second kappa shape index (κ2) is 8.91. The largest absolute Gasteiger partial charge is 0.480 e. The summed E-state index contributed by atoms with van der Waals surface area (Å²) in [6.45, 7) is 1.77. The number of carbonyl (C=O) groups excluding carboxylic acids is 2. The number of fused-ring (bicyclic) bond motifs is 1. The molecule has 1 heterocycles. The highest BCUT2D eigenvalue weighted by atomic mass is 16.4. The quantitative estimate of drug-likeness (QED) is 0.559. The van der Waals surface area contributed by atoms with E-state index in [0.717, 1.165) is 42.1 Å².